The van der Waals surface area contributed by atoms with Crippen molar-refractivity contribution in [2.45, 2.75) is 11.8 Å². The lowest BCUT2D eigenvalue weighted by atomic mass is 10.3. The molecule has 1 amide bonds. The van der Waals surface area contributed by atoms with Gasteiger partial charge in [-0.25, -0.2) is 8.42 Å². The smallest absolute Gasteiger partial charge is 0.315 e. The maximum atomic E-state index is 12.7. The molecule has 0 radical (unpaired) electrons. The number of halogens is 1. The second-order valence-corrected chi connectivity index (χ2v) is 8.83. The number of nitrogens with zero attached hydrogens (tertiary/aromatic N) is 1. The molecule has 0 aliphatic carbocycles. The monoisotopic (exact) mass is 436 g/mol. The van der Waals surface area contributed by atoms with Gasteiger partial charge < -0.3 is 14.8 Å². The summed E-state index contributed by atoms with van der Waals surface area (Å²) >= 11 is 7.17. The maximum Gasteiger partial charge on any atom is 0.315 e. The minimum Gasteiger partial charge on any atom is -0.465 e. The highest BCUT2D eigenvalue weighted by molar-refractivity contribution is 8.00. The standard InChI is InChI=1S/C16H21ClN2O6S2/c1-2-25-16(21)11-26-10-15(20)18-14-9-12(3-4-13(14)17)27(22,23)19-5-7-24-8-6-19/h3-4,9H,2,5-8,10-11H2,1H3,(H,18,20). The summed E-state index contributed by atoms with van der Waals surface area (Å²) in [5.74, 6) is -0.727. The molecule has 11 heteroatoms. The van der Waals surface area contributed by atoms with E-state index in [4.69, 9.17) is 21.1 Å². The molecule has 1 aliphatic rings. The molecule has 0 unspecified atom stereocenters. The summed E-state index contributed by atoms with van der Waals surface area (Å²) in [4.78, 5) is 23.4. The topological polar surface area (TPSA) is 102 Å². The van der Waals surface area contributed by atoms with Gasteiger partial charge >= 0.3 is 5.97 Å². The highest BCUT2D eigenvalue weighted by atomic mass is 35.5. The number of hydrogen-bond acceptors (Lipinski definition) is 7. The number of morpholine rings is 1. The van der Waals surface area contributed by atoms with E-state index >= 15 is 0 Å². The third kappa shape index (κ3) is 6.35. The number of thioether (sulfide) groups is 1. The van der Waals surface area contributed by atoms with Crippen molar-refractivity contribution in [3.05, 3.63) is 23.2 Å². The van der Waals surface area contributed by atoms with Crippen molar-refractivity contribution in [3.63, 3.8) is 0 Å². The van der Waals surface area contributed by atoms with Crippen LogP contribution in [0, 0.1) is 0 Å². The lowest BCUT2D eigenvalue weighted by molar-refractivity contribution is -0.139. The van der Waals surface area contributed by atoms with Gasteiger partial charge in [0.15, 0.2) is 0 Å². The molecular formula is C16H21ClN2O6S2. The van der Waals surface area contributed by atoms with Crippen LogP contribution in [0.1, 0.15) is 6.92 Å². The van der Waals surface area contributed by atoms with Crippen LogP contribution in [0.15, 0.2) is 23.1 Å². The summed E-state index contributed by atoms with van der Waals surface area (Å²) in [5.41, 5.74) is 0.202. The van der Waals surface area contributed by atoms with E-state index in [1.54, 1.807) is 6.92 Å². The number of hydrogen-bond donors (Lipinski definition) is 1. The number of rotatable bonds is 8. The van der Waals surface area contributed by atoms with Crippen LogP contribution in [0.3, 0.4) is 0 Å². The normalized spacial score (nSPS) is 15.3. The van der Waals surface area contributed by atoms with Crippen molar-refractivity contribution in [2.24, 2.45) is 0 Å². The number of esters is 1. The minimum atomic E-state index is -3.69. The van der Waals surface area contributed by atoms with E-state index in [-0.39, 0.29) is 46.8 Å². The van der Waals surface area contributed by atoms with Crippen LogP contribution in [-0.2, 0) is 29.1 Å². The van der Waals surface area contributed by atoms with Crippen molar-refractivity contribution in [1.29, 1.82) is 0 Å². The minimum absolute atomic E-state index is 0.00951. The molecule has 0 spiro atoms. The Morgan fingerprint density at radius 2 is 2.00 bits per heavy atom. The molecule has 0 aromatic heterocycles. The molecule has 2 rings (SSSR count). The first-order valence-corrected chi connectivity index (χ1v) is 11.2. The lowest BCUT2D eigenvalue weighted by Gasteiger charge is -2.26. The number of nitrogens with one attached hydrogen (secondary N) is 1. The van der Waals surface area contributed by atoms with Gasteiger partial charge in [0.25, 0.3) is 0 Å². The Labute approximate surface area is 167 Å². The zero-order chi connectivity index (χ0) is 19.9. The summed E-state index contributed by atoms with van der Waals surface area (Å²) in [5, 5.41) is 2.80. The predicted molar refractivity (Wildman–Crippen MR) is 104 cm³/mol. The Morgan fingerprint density at radius 1 is 1.30 bits per heavy atom. The fourth-order valence-electron chi connectivity index (χ4n) is 2.31. The van der Waals surface area contributed by atoms with Crippen molar-refractivity contribution in [3.8, 4) is 0 Å². The number of carbonyl (C=O) groups is 2. The highest BCUT2D eigenvalue weighted by Crippen LogP contribution is 2.27. The van der Waals surface area contributed by atoms with Gasteiger partial charge in [0, 0.05) is 13.1 Å². The van der Waals surface area contributed by atoms with Gasteiger partial charge in [-0.05, 0) is 25.1 Å². The highest BCUT2D eigenvalue weighted by Gasteiger charge is 2.27. The van der Waals surface area contributed by atoms with Crippen LogP contribution in [0.25, 0.3) is 0 Å². The Bertz CT molecular complexity index is 781. The predicted octanol–water partition coefficient (Wildman–Crippen LogP) is 1.60. The van der Waals surface area contributed by atoms with E-state index in [0.29, 0.717) is 13.2 Å². The summed E-state index contributed by atoms with van der Waals surface area (Å²) in [6, 6.07) is 4.16. The molecule has 0 atom stereocenters. The number of sulfonamides is 1. The first-order valence-electron chi connectivity index (χ1n) is 8.25. The number of benzene rings is 1. The first-order chi connectivity index (χ1) is 12.8. The van der Waals surface area contributed by atoms with Gasteiger partial charge in [-0.3, -0.25) is 9.59 Å². The van der Waals surface area contributed by atoms with Crippen molar-refractivity contribution < 1.29 is 27.5 Å². The van der Waals surface area contributed by atoms with Gasteiger partial charge in [-0.1, -0.05) is 11.6 Å². The molecule has 0 saturated carbocycles. The van der Waals surface area contributed by atoms with E-state index < -0.39 is 21.9 Å². The SMILES string of the molecule is CCOC(=O)CSCC(=O)Nc1cc(S(=O)(=O)N2CCOCC2)ccc1Cl. The summed E-state index contributed by atoms with van der Waals surface area (Å²) in [6.45, 7) is 3.22. The first kappa shape index (κ1) is 22.0. The van der Waals surface area contributed by atoms with Crippen LogP contribution >= 0.6 is 23.4 Å². The van der Waals surface area contributed by atoms with Gasteiger partial charge in [0.05, 0.1) is 46.9 Å². The van der Waals surface area contributed by atoms with Gasteiger partial charge in [0.2, 0.25) is 15.9 Å². The average molecular weight is 437 g/mol. The third-order valence-corrected chi connectivity index (χ3v) is 6.71. The van der Waals surface area contributed by atoms with Gasteiger partial charge in [-0.2, -0.15) is 4.31 Å². The van der Waals surface area contributed by atoms with Crippen LogP contribution < -0.4 is 5.32 Å². The Hall–Kier alpha value is -1.33. The zero-order valence-electron chi connectivity index (χ0n) is 14.8. The molecule has 150 valence electrons. The van der Waals surface area contributed by atoms with Crippen LogP contribution in [0.5, 0.6) is 0 Å². The maximum absolute atomic E-state index is 12.7. The van der Waals surface area contributed by atoms with Gasteiger partial charge in [-0.15, -0.1) is 11.8 Å². The second kappa shape index (κ2) is 10.3. The van der Waals surface area contributed by atoms with Gasteiger partial charge in [0.1, 0.15) is 0 Å². The summed E-state index contributed by atoms with van der Waals surface area (Å²) < 4.78 is 36.7. The zero-order valence-corrected chi connectivity index (χ0v) is 17.2. The fourth-order valence-corrected chi connectivity index (χ4v) is 4.52. The van der Waals surface area contributed by atoms with Crippen LogP contribution in [0.4, 0.5) is 5.69 Å². The Balaban J connectivity index is 2.02. The number of anilines is 1. The van der Waals surface area contributed by atoms with Crippen molar-refractivity contribution in [1.82, 2.24) is 4.31 Å². The number of ether oxygens (including phenoxy) is 2. The molecule has 1 heterocycles. The largest absolute Gasteiger partial charge is 0.465 e. The quantitative estimate of drug-likeness (QED) is 0.617. The number of carbonyl (C=O) groups excluding carboxylic acids is 2. The van der Waals surface area contributed by atoms with Crippen molar-refractivity contribution >= 4 is 50.9 Å². The lowest BCUT2D eigenvalue weighted by Crippen LogP contribution is -2.40. The Morgan fingerprint density at radius 3 is 2.67 bits per heavy atom. The summed E-state index contributed by atoms with van der Waals surface area (Å²) in [6.07, 6.45) is 0. The molecule has 8 nitrogen and oxygen atoms in total. The van der Waals surface area contributed by atoms with E-state index in [0.717, 1.165) is 11.8 Å². The van der Waals surface area contributed by atoms with Crippen LogP contribution in [0.2, 0.25) is 5.02 Å². The van der Waals surface area contributed by atoms with E-state index in [1.807, 2.05) is 0 Å². The fraction of sp³-hybridized carbons (Fsp3) is 0.500. The number of amides is 1. The molecular weight excluding hydrogens is 416 g/mol. The second-order valence-electron chi connectivity index (χ2n) is 5.50. The average Bonchev–Trinajstić information content (AvgIpc) is 2.64. The van der Waals surface area contributed by atoms with E-state index in [1.165, 1.54) is 22.5 Å². The molecule has 0 bridgehead atoms. The molecule has 27 heavy (non-hydrogen) atoms. The van der Waals surface area contributed by atoms with E-state index in [9.17, 15) is 18.0 Å². The van der Waals surface area contributed by atoms with Crippen molar-refractivity contribution in [2.75, 3.05) is 49.7 Å². The Kier molecular flexibility index (Phi) is 8.36. The summed E-state index contributed by atoms with van der Waals surface area (Å²) in [7, 11) is -3.69. The molecule has 1 fully saturated rings. The molecule has 1 aromatic rings. The molecule has 1 aliphatic heterocycles. The molecule has 1 N–H and O–H groups in total. The molecule has 1 aromatic carbocycles. The van der Waals surface area contributed by atoms with E-state index in [2.05, 4.69) is 5.32 Å². The molecule has 1 saturated heterocycles. The third-order valence-electron chi connectivity index (χ3n) is 3.58. The van der Waals surface area contributed by atoms with Crippen LogP contribution in [-0.4, -0.2) is 69.0 Å².